The molecule has 0 unspecified atom stereocenters. The molecule has 3 N–H and O–H groups in total. The fraction of sp³-hybridized carbons (Fsp3) is 0.273. The lowest BCUT2D eigenvalue weighted by molar-refractivity contribution is -0.114. The van der Waals surface area contributed by atoms with E-state index in [9.17, 15) is 4.79 Å². The van der Waals surface area contributed by atoms with Crippen LogP contribution in [0.4, 0.5) is 0 Å². The zero-order valence-corrected chi connectivity index (χ0v) is 8.76. The minimum atomic E-state index is -0.456. The van der Waals surface area contributed by atoms with Gasteiger partial charge in [-0.1, -0.05) is 35.5 Å². The molecular weight excluding hydrogens is 208 g/mol. The van der Waals surface area contributed by atoms with E-state index in [1.165, 1.54) is 0 Å². The van der Waals surface area contributed by atoms with Gasteiger partial charge in [0.2, 0.25) is 0 Å². The van der Waals surface area contributed by atoms with E-state index >= 15 is 0 Å². The summed E-state index contributed by atoms with van der Waals surface area (Å²) < 4.78 is 0. The predicted octanol–water partition coefficient (Wildman–Crippen LogP) is 0.363. The smallest absolute Gasteiger partial charge is 0.273 e. The van der Waals surface area contributed by atoms with Crippen LogP contribution in [-0.4, -0.2) is 35.1 Å². The average molecular weight is 222 g/mol. The first-order chi connectivity index (χ1) is 7.79. The lowest BCUT2D eigenvalue weighted by Crippen LogP contribution is -2.32. The molecule has 0 aliphatic carbocycles. The number of carbonyl (C=O) groups is 1. The second-order valence-corrected chi connectivity index (χ2v) is 3.15. The van der Waals surface area contributed by atoms with Crippen molar-refractivity contribution in [1.29, 1.82) is 0 Å². The van der Waals surface area contributed by atoms with Crippen molar-refractivity contribution in [2.45, 2.75) is 6.42 Å². The number of hydrogen-bond donors (Lipinski definition) is 3. The van der Waals surface area contributed by atoms with Crippen molar-refractivity contribution in [3.8, 4) is 0 Å². The van der Waals surface area contributed by atoms with Crippen LogP contribution >= 0.6 is 0 Å². The van der Waals surface area contributed by atoms with Crippen LogP contribution in [-0.2, 0) is 4.79 Å². The van der Waals surface area contributed by atoms with Crippen molar-refractivity contribution in [3.05, 3.63) is 35.9 Å². The molecule has 5 heteroatoms. The minimum absolute atomic E-state index is 0.0111. The van der Waals surface area contributed by atoms with E-state index in [1.807, 2.05) is 6.07 Å². The monoisotopic (exact) mass is 222 g/mol. The maximum atomic E-state index is 11.6. The SMILES string of the molecule is O=C(NCCCO)/C(=N\O)c1ccccc1. The Kier molecular flexibility index (Phi) is 5.01. The second kappa shape index (κ2) is 6.58. The molecule has 0 bridgehead atoms. The summed E-state index contributed by atoms with van der Waals surface area (Å²) in [6, 6.07) is 8.67. The molecule has 1 aromatic carbocycles. The highest BCUT2D eigenvalue weighted by Gasteiger charge is 2.13. The summed E-state index contributed by atoms with van der Waals surface area (Å²) in [4.78, 5) is 11.6. The molecule has 0 spiro atoms. The number of rotatable bonds is 5. The molecule has 0 fully saturated rings. The van der Waals surface area contributed by atoms with Crippen LogP contribution in [0.1, 0.15) is 12.0 Å². The van der Waals surface area contributed by atoms with Crippen LogP contribution in [0.15, 0.2) is 35.5 Å². The summed E-state index contributed by atoms with van der Waals surface area (Å²) >= 11 is 0. The number of hydrogen-bond acceptors (Lipinski definition) is 4. The molecular formula is C11H14N2O3. The third-order valence-corrected chi connectivity index (χ3v) is 1.98. The standard InChI is InChI=1S/C11H14N2O3/c14-8-4-7-12-11(15)10(13-16)9-5-2-1-3-6-9/h1-3,5-6,14,16H,4,7-8H2,(H,12,15)/b13-10-. The van der Waals surface area contributed by atoms with Crippen molar-refractivity contribution < 1.29 is 15.1 Å². The molecule has 0 aliphatic rings. The molecule has 1 rings (SSSR count). The number of benzene rings is 1. The van der Waals surface area contributed by atoms with Gasteiger partial charge in [0.25, 0.3) is 5.91 Å². The average Bonchev–Trinajstić information content (AvgIpc) is 2.32. The van der Waals surface area contributed by atoms with E-state index in [1.54, 1.807) is 24.3 Å². The second-order valence-electron chi connectivity index (χ2n) is 3.15. The number of nitrogens with one attached hydrogen (secondary N) is 1. The number of aliphatic hydroxyl groups excluding tert-OH is 1. The first-order valence-corrected chi connectivity index (χ1v) is 4.96. The van der Waals surface area contributed by atoms with E-state index < -0.39 is 5.91 Å². The van der Waals surface area contributed by atoms with Crippen LogP contribution in [0.3, 0.4) is 0 Å². The summed E-state index contributed by atoms with van der Waals surface area (Å²) in [6.45, 7) is 0.360. The van der Waals surface area contributed by atoms with E-state index in [-0.39, 0.29) is 12.3 Å². The molecule has 86 valence electrons. The number of nitrogens with zero attached hydrogens (tertiary/aromatic N) is 1. The van der Waals surface area contributed by atoms with E-state index in [0.29, 0.717) is 18.5 Å². The van der Waals surface area contributed by atoms with E-state index in [0.717, 1.165) is 0 Å². The Morgan fingerprint density at radius 2 is 2.00 bits per heavy atom. The first kappa shape index (κ1) is 12.2. The summed E-state index contributed by atoms with van der Waals surface area (Å²) in [5, 5.41) is 22.9. The predicted molar refractivity (Wildman–Crippen MR) is 59.5 cm³/mol. The maximum Gasteiger partial charge on any atom is 0.273 e. The highest BCUT2D eigenvalue weighted by molar-refractivity contribution is 6.45. The molecule has 1 amide bonds. The van der Waals surface area contributed by atoms with E-state index in [4.69, 9.17) is 10.3 Å². The van der Waals surface area contributed by atoms with Crippen LogP contribution < -0.4 is 5.32 Å². The number of oxime groups is 1. The van der Waals surface area contributed by atoms with Crippen molar-refractivity contribution in [1.82, 2.24) is 5.32 Å². The number of carbonyl (C=O) groups excluding carboxylic acids is 1. The zero-order valence-electron chi connectivity index (χ0n) is 8.76. The summed E-state index contributed by atoms with van der Waals surface area (Å²) in [5.41, 5.74) is 0.519. The topological polar surface area (TPSA) is 81.9 Å². The summed E-state index contributed by atoms with van der Waals surface area (Å²) in [7, 11) is 0. The lowest BCUT2D eigenvalue weighted by Gasteiger charge is -2.05. The fourth-order valence-electron chi connectivity index (χ4n) is 1.19. The van der Waals surface area contributed by atoms with Gasteiger partial charge in [-0.15, -0.1) is 0 Å². The van der Waals surface area contributed by atoms with Gasteiger partial charge in [0, 0.05) is 18.7 Å². The Morgan fingerprint density at radius 3 is 2.56 bits per heavy atom. The first-order valence-electron chi connectivity index (χ1n) is 4.96. The van der Waals surface area contributed by atoms with E-state index in [2.05, 4.69) is 10.5 Å². The maximum absolute atomic E-state index is 11.6. The third-order valence-electron chi connectivity index (χ3n) is 1.98. The van der Waals surface area contributed by atoms with Gasteiger partial charge in [-0.3, -0.25) is 4.79 Å². The molecule has 0 heterocycles. The normalized spacial score (nSPS) is 11.2. The van der Waals surface area contributed by atoms with Crippen molar-refractivity contribution >= 4 is 11.6 Å². The van der Waals surface area contributed by atoms with Gasteiger partial charge in [0.15, 0.2) is 5.71 Å². The van der Waals surface area contributed by atoms with Gasteiger partial charge in [0.1, 0.15) is 0 Å². The van der Waals surface area contributed by atoms with Crippen LogP contribution in [0.5, 0.6) is 0 Å². The van der Waals surface area contributed by atoms with Crippen LogP contribution in [0.25, 0.3) is 0 Å². The molecule has 0 saturated heterocycles. The van der Waals surface area contributed by atoms with Gasteiger partial charge in [-0.25, -0.2) is 0 Å². The zero-order chi connectivity index (χ0) is 11.8. The summed E-state index contributed by atoms with van der Waals surface area (Å²) in [5.74, 6) is -0.456. The molecule has 0 aliphatic heterocycles. The van der Waals surface area contributed by atoms with Gasteiger partial charge >= 0.3 is 0 Å². The lowest BCUT2D eigenvalue weighted by atomic mass is 10.1. The van der Waals surface area contributed by atoms with Crippen molar-refractivity contribution in [2.24, 2.45) is 5.16 Å². The number of aliphatic hydroxyl groups is 1. The molecule has 0 atom stereocenters. The molecule has 1 aromatic rings. The van der Waals surface area contributed by atoms with Crippen LogP contribution in [0.2, 0.25) is 0 Å². The van der Waals surface area contributed by atoms with Crippen molar-refractivity contribution in [2.75, 3.05) is 13.2 Å². The Hall–Kier alpha value is -1.88. The quantitative estimate of drug-likeness (QED) is 0.291. The molecule has 5 nitrogen and oxygen atoms in total. The highest BCUT2D eigenvalue weighted by Crippen LogP contribution is 2.01. The molecule has 0 saturated carbocycles. The Morgan fingerprint density at radius 1 is 1.31 bits per heavy atom. The summed E-state index contributed by atoms with van der Waals surface area (Å²) in [6.07, 6.45) is 0.471. The van der Waals surface area contributed by atoms with Gasteiger partial charge in [-0.2, -0.15) is 0 Å². The third kappa shape index (κ3) is 3.36. The molecule has 16 heavy (non-hydrogen) atoms. The highest BCUT2D eigenvalue weighted by atomic mass is 16.4. The minimum Gasteiger partial charge on any atom is -0.410 e. The van der Waals surface area contributed by atoms with Gasteiger partial charge in [-0.05, 0) is 6.42 Å². The fourth-order valence-corrected chi connectivity index (χ4v) is 1.19. The Balaban J connectivity index is 2.66. The number of amides is 1. The molecule has 0 aromatic heterocycles. The van der Waals surface area contributed by atoms with Gasteiger partial charge < -0.3 is 15.6 Å². The largest absolute Gasteiger partial charge is 0.410 e. The van der Waals surface area contributed by atoms with Gasteiger partial charge in [0.05, 0.1) is 0 Å². The Bertz CT molecular complexity index is 363. The Labute approximate surface area is 93.4 Å². The molecule has 0 radical (unpaired) electrons. The van der Waals surface area contributed by atoms with Crippen molar-refractivity contribution in [3.63, 3.8) is 0 Å². The van der Waals surface area contributed by atoms with Crippen LogP contribution in [0, 0.1) is 0 Å².